The Labute approximate surface area is 119 Å². The number of nitrogens with one attached hydrogen (secondary N) is 2. The van der Waals surface area contributed by atoms with Crippen molar-refractivity contribution in [2.24, 2.45) is 5.92 Å². The Kier molecular flexibility index (Phi) is 6.83. The van der Waals surface area contributed by atoms with Crippen molar-refractivity contribution in [3.8, 4) is 0 Å². The van der Waals surface area contributed by atoms with Gasteiger partial charge in [0, 0.05) is 39.1 Å². The van der Waals surface area contributed by atoms with Crippen LogP contribution in [0.1, 0.15) is 12.8 Å². The average Bonchev–Trinajstić information content (AvgIpc) is 3.00. The minimum absolute atomic E-state index is 0. The highest BCUT2D eigenvalue weighted by atomic mass is 35.5. The number of hydrogen-bond acceptors (Lipinski definition) is 4. The van der Waals surface area contributed by atoms with E-state index in [0.29, 0.717) is 5.82 Å². The summed E-state index contributed by atoms with van der Waals surface area (Å²) in [6.45, 7) is 3.20. The van der Waals surface area contributed by atoms with Crippen LogP contribution in [-0.2, 0) is 16.1 Å². The van der Waals surface area contributed by atoms with Crippen LogP contribution >= 0.6 is 12.4 Å². The molecule has 2 rings (SSSR count). The number of ether oxygens (including phenoxy) is 1. The highest BCUT2D eigenvalue weighted by Gasteiger charge is 2.22. The maximum Gasteiger partial charge on any atom is 0.230 e. The molecule has 6 nitrogen and oxygen atoms in total. The van der Waals surface area contributed by atoms with E-state index in [1.807, 2.05) is 16.9 Å². The average molecular weight is 289 g/mol. The lowest BCUT2D eigenvalue weighted by atomic mass is 10.1. The van der Waals surface area contributed by atoms with E-state index in [1.165, 1.54) is 0 Å². The van der Waals surface area contributed by atoms with Crippen LogP contribution in [0.15, 0.2) is 12.3 Å². The minimum atomic E-state index is 0. The molecule has 7 heteroatoms. The number of nitrogens with zero attached hydrogens (tertiary/aromatic N) is 2. The SMILES string of the molecule is COCCCn1ccc(NC(=O)C2CCNC2)n1.Cl. The van der Waals surface area contributed by atoms with Gasteiger partial charge in [-0.1, -0.05) is 0 Å². The second kappa shape index (κ2) is 8.14. The molecule has 1 amide bonds. The lowest BCUT2D eigenvalue weighted by Gasteiger charge is -2.07. The van der Waals surface area contributed by atoms with Gasteiger partial charge in [-0.2, -0.15) is 5.10 Å². The number of aromatic nitrogens is 2. The fraction of sp³-hybridized carbons (Fsp3) is 0.667. The summed E-state index contributed by atoms with van der Waals surface area (Å²) < 4.78 is 6.81. The molecule has 1 fully saturated rings. The number of rotatable bonds is 6. The Morgan fingerprint density at radius 3 is 3.21 bits per heavy atom. The van der Waals surface area contributed by atoms with Gasteiger partial charge in [0.1, 0.15) is 0 Å². The maximum atomic E-state index is 11.9. The molecule has 1 aromatic rings. The normalized spacial score (nSPS) is 18.1. The van der Waals surface area contributed by atoms with E-state index in [0.717, 1.165) is 39.1 Å². The van der Waals surface area contributed by atoms with Gasteiger partial charge in [0.15, 0.2) is 5.82 Å². The Morgan fingerprint density at radius 1 is 1.68 bits per heavy atom. The number of amides is 1. The third-order valence-electron chi connectivity index (χ3n) is 3.06. The zero-order valence-corrected chi connectivity index (χ0v) is 11.9. The molecule has 0 spiro atoms. The molecule has 2 N–H and O–H groups in total. The topological polar surface area (TPSA) is 68.2 Å². The molecule has 1 aromatic heterocycles. The van der Waals surface area contributed by atoms with Crippen LogP contribution < -0.4 is 10.6 Å². The van der Waals surface area contributed by atoms with Crippen molar-refractivity contribution in [2.45, 2.75) is 19.4 Å². The van der Waals surface area contributed by atoms with Crippen molar-refractivity contribution < 1.29 is 9.53 Å². The van der Waals surface area contributed by atoms with Gasteiger partial charge in [0.05, 0.1) is 5.92 Å². The van der Waals surface area contributed by atoms with Crippen LogP contribution in [0, 0.1) is 5.92 Å². The molecule has 1 aliphatic heterocycles. The summed E-state index contributed by atoms with van der Waals surface area (Å²) in [4.78, 5) is 11.9. The molecule has 2 heterocycles. The van der Waals surface area contributed by atoms with Gasteiger partial charge in [-0.25, -0.2) is 0 Å². The smallest absolute Gasteiger partial charge is 0.230 e. The van der Waals surface area contributed by atoms with Gasteiger partial charge in [0.25, 0.3) is 0 Å². The summed E-state index contributed by atoms with van der Waals surface area (Å²) in [7, 11) is 1.68. The molecule has 0 radical (unpaired) electrons. The van der Waals surface area contributed by atoms with Crippen LogP contribution in [0.4, 0.5) is 5.82 Å². The maximum absolute atomic E-state index is 11.9. The molecule has 1 aliphatic rings. The molecule has 1 saturated heterocycles. The van der Waals surface area contributed by atoms with Crippen LogP contribution in [0.3, 0.4) is 0 Å². The minimum Gasteiger partial charge on any atom is -0.385 e. The predicted octanol–water partition coefficient (Wildman–Crippen LogP) is 0.889. The van der Waals surface area contributed by atoms with Crippen molar-refractivity contribution in [2.75, 3.05) is 32.1 Å². The number of hydrogen-bond donors (Lipinski definition) is 2. The molecule has 0 bridgehead atoms. The first-order valence-electron chi connectivity index (χ1n) is 6.33. The third-order valence-corrected chi connectivity index (χ3v) is 3.06. The van der Waals surface area contributed by atoms with Crippen molar-refractivity contribution in [1.29, 1.82) is 0 Å². The van der Waals surface area contributed by atoms with E-state index in [-0.39, 0.29) is 24.2 Å². The first-order valence-corrected chi connectivity index (χ1v) is 6.33. The van der Waals surface area contributed by atoms with Gasteiger partial charge in [-0.3, -0.25) is 9.48 Å². The van der Waals surface area contributed by atoms with E-state index in [9.17, 15) is 4.79 Å². The lowest BCUT2D eigenvalue weighted by Crippen LogP contribution is -2.24. The molecule has 1 atom stereocenters. The zero-order chi connectivity index (χ0) is 12.8. The number of halogens is 1. The Morgan fingerprint density at radius 2 is 2.53 bits per heavy atom. The van der Waals surface area contributed by atoms with E-state index >= 15 is 0 Å². The molecule has 1 unspecified atom stereocenters. The molecular weight excluding hydrogens is 268 g/mol. The van der Waals surface area contributed by atoms with Gasteiger partial charge in [-0.05, 0) is 19.4 Å². The van der Waals surface area contributed by atoms with Crippen molar-refractivity contribution >= 4 is 24.1 Å². The molecular formula is C12H21ClN4O2. The van der Waals surface area contributed by atoms with Gasteiger partial charge in [-0.15, -0.1) is 12.4 Å². The van der Waals surface area contributed by atoms with E-state index < -0.39 is 0 Å². The summed E-state index contributed by atoms with van der Waals surface area (Å²) in [6.07, 6.45) is 3.69. The van der Waals surface area contributed by atoms with Crippen molar-refractivity contribution in [1.82, 2.24) is 15.1 Å². The van der Waals surface area contributed by atoms with Crippen LogP contribution in [0.2, 0.25) is 0 Å². The van der Waals surface area contributed by atoms with Gasteiger partial charge in [0.2, 0.25) is 5.91 Å². The standard InChI is InChI=1S/C12H20N4O2.ClH/c1-18-8-2-6-16-7-4-11(15-16)14-12(17)10-3-5-13-9-10;/h4,7,10,13H,2-3,5-6,8-9H2,1H3,(H,14,15,17);1H. The van der Waals surface area contributed by atoms with Gasteiger partial charge < -0.3 is 15.4 Å². The lowest BCUT2D eigenvalue weighted by molar-refractivity contribution is -0.119. The molecule has 0 aliphatic carbocycles. The zero-order valence-electron chi connectivity index (χ0n) is 11.1. The number of anilines is 1. The number of aryl methyl sites for hydroxylation is 1. The second-order valence-corrected chi connectivity index (χ2v) is 4.49. The Balaban J connectivity index is 0.00000180. The fourth-order valence-electron chi connectivity index (χ4n) is 2.03. The molecule has 0 aromatic carbocycles. The summed E-state index contributed by atoms with van der Waals surface area (Å²) in [5, 5.41) is 10.3. The van der Waals surface area contributed by atoms with E-state index in [2.05, 4.69) is 15.7 Å². The first-order chi connectivity index (χ1) is 8.79. The quantitative estimate of drug-likeness (QED) is 0.763. The van der Waals surface area contributed by atoms with E-state index in [4.69, 9.17) is 4.74 Å². The highest BCUT2D eigenvalue weighted by Crippen LogP contribution is 2.11. The molecule has 108 valence electrons. The van der Waals surface area contributed by atoms with Crippen molar-refractivity contribution in [3.63, 3.8) is 0 Å². The molecule has 19 heavy (non-hydrogen) atoms. The Hall–Kier alpha value is -1.11. The monoisotopic (exact) mass is 288 g/mol. The second-order valence-electron chi connectivity index (χ2n) is 4.49. The predicted molar refractivity (Wildman–Crippen MR) is 75.6 cm³/mol. The first kappa shape index (κ1) is 15.9. The summed E-state index contributed by atoms with van der Waals surface area (Å²) in [6, 6.07) is 1.83. The largest absolute Gasteiger partial charge is 0.385 e. The van der Waals surface area contributed by atoms with Crippen LogP contribution in [0.5, 0.6) is 0 Å². The van der Waals surface area contributed by atoms with Gasteiger partial charge >= 0.3 is 0 Å². The number of carbonyl (C=O) groups is 1. The summed E-state index contributed by atoms with van der Waals surface area (Å²) in [5.74, 6) is 0.759. The van der Waals surface area contributed by atoms with Crippen LogP contribution in [-0.4, -0.2) is 42.5 Å². The van der Waals surface area contributed by atoms with E-state index in [1.54, 1.807) is 7.11 Å². The highest BCUT2D eigenvalue weighted by molar-refractivity contribution is 5.91. The molecule has 0 saturated carbocycles. The van der Waals surface area contributed by atoms with Crippen molar-refractivity contribution in [3.05, 3.63) is 12.3 Å². The number of methoxy groups -OCH3 is 1. The number of carbonyl (C=O) groups excluding carboxylic acids is 1. The van der Waals surface area contributed by atoms with Crippen LogP contribution in [0.25, 0.3) is 0 Å². The fourth-order valence-corrected chi connectivity index (χ4v) is 2.03. The summed E-state index contributed by atoms with van der Waals surface area (Å²) >= 11 is 0. The summed E-state index contributed by atoms with van der Waals surface area (Å²) in [5.41, 5.74) is 0. The Bertz CT molecular complexity index is 391. The third kappa shape index (κ3) is 4.81.